The first-order valence-electron chi connectivity index (χ1n) is 13.4. The van der Waals surface area contributed by atoms with Crippen molar-refractivity contribution in [3.8, 4) is 45.8 Å². The topological polar surface area (TPSA) is 153 Å². The monoisotopic (exact) mass is 576 g/mol. The normalized spacial score (nSPS) is 14.6. The Morgan fingerprint density at radius 1 is 0.881 bits per heavy atom. The van der Waals surface area contributed by atoms with Gasteiger partial charge in [-0.05, 0) is 24.7 Å². The molecule has 4 aromatic rings. The Morgan fingerprint density at radius 3 is 2.10 bits per heavy atom. The first kappa shape index (κ1) is 28.6. The van der Waals surface area contributed by atoms with Crippen molar-refractivity contribution in [2.24, 2.45) is 0 Å². The van der Waals surface area contributed by atoms with E-state index in [-0.39, 0.29) is 51.9 Å². The van der Waals surface area contributed by atoms with Crippen LogP contribution >= 0.6 is 0 Å². The van der Waals surface area contributed by atoms with Crippen LogP contribution in [0, 0.1) is 0 Å². The van der Waals surface area contributed by atoms with Gasteiger partial charge in [0, 0.05) is 55.7 Å². The van der Waals surface area contributed by atoms with Crippen molar-refractivity contribution in [3.63, 3.8) is 0 Å². The SMILES string of the molecule is COc1cc([C@H](CC(=O)N2CCN(C)CC2)c2c(O)c(O)c(O)c3c(=O)cc(-c4ccccc4)oc23)cc(OC)c1O. The van der Waals surface area contributed by atoms with Crippen molar-refractivity contribution in [1.82, 2.24) is 9.80 Å². The Bertz CT molecular complexity index is 1670. The maximum absolute atomic E-state index is 13.7. The van der Waals surface area contributed by atoms with Crippen molar-refractivity contribution in [2.45, 2.75) is 12.3 Å². The lowest BCUT2D eigenvalue weighted by Crippen LogP contribution is -2.47. The summed E-state index contributed by atoms with van der Waals surface area (Å²) in [6, 6.07) is 12.9. The number of rotatable bonds is 7. The Balaban J connectivity index is 1.79. The number of piperazine rings is 1. The zero-order chi connectivity index (χ0) is 30.1. The molecule has 0 unspecified atom stereocenters. The second-order valence-corrected chi connectivity index (χ2v) is 10.2. The molecule has 1 aliphatic heterocycles. The molecule has 0 spiro atoms. The molecule has 0 bridgehead atoms. The number of hydrogen-bond donors (Lipinski definition) is 4. The fourth-order valence-corrected chi connectivity index (χ4v) is 5.30. The Morgan fingerprint density at radius 2 is 1.50 bits per heavy atom. The van der Waals surface area contributed by atoms with E-state index in [2.05, 4.69) is 4.90 Å². The highest BCUT2D eigenvalue weighted by atomic mass is 16.5. The zero-order valence-corrected chi connectivity index (χ0v) is 23.5. The molecule has 5 rings (SSSR count). The molecule has 3 aromatic carbocycles. The summed E-state index contributed by atoms with van der Waals surface area (Å²) in [5, 5.41) is 43.1. The van der Waals surface area contributed by atoms with Gasteiger partial charge < -0.3 is 44.1 Å². The zero-order valence-electron chi connectivity index (χ0n) is 23.5. The van der Waals surface area contributed by atoms with Crippen molar-refractivity contribution in [3.05, 3.63) is 69.9 Å². The van der Waals surface area contributed by atoms with Crippen molar-refractivity contribution in [2.75, 3.05) is 47.4 Å². The number of likely N-dealkylation sites (N-methyl/N-ethyl adjacent to an activating group) is 1. The molecule has 1 saturated heterocycles. The van der Waals surface area contributed by atoms with E-state index in [0.717, 1.165) is 0 Å². The number of nitrogens with zero attached hydrogens (tertiary/aromatic N) is 2. The Hall–Kier alpha value is -4.90. The van der Waals surface area contributed by atoms with Crippen LogP contribution in [0.15, 0.2) is 57.7 Å². The van der Waals surface area contributed by atoms with Crippen LogP contribution in [0.4, 0.5) is 0 Å². The molecule has 1 aromatic heterocycles. The molecule has 42 heavy (non-hydrogen) atoms. The first-order valence-corrected chi connectivity index (χ1v) is 13.4. The third-order valence-electron chi connectivity index (χ3n) is 7.68. The van der Waals surface area contributed by atoms with Crippen LogP contribution < -0.4 is 14.9 Å². The predicted molar refractivity (Wildman–Crippen MR) is 155 cm³/mol. The average Bonchev–Trinajstić information content (AvgIpc) is 3.00. The standard InChI is InChI=1S/C31H32N2O9/c1-32-9-11-33(12-10-32)24(35)15-19(18-13-22(40-2)27(36)23(14-18)41-3)25-28(37)30(39)29(38)26-20(34)16-21(42-31(25)26)17-7-5-4-6-8-17/h4-8,13-14,16,19,36-39H,9-12,15H2,1-3H3/t19-/m0/s1. The summed E-state index contributed by atoms with van der Waals surface area (Å²) >= 11 is 0. The molecule has 1 amide bonds. The second kappa shape index (κ2) is 11.5. The summed E-state index contributed by atoms with van der Waals surface area (Å²) in [5.74, 6) is -3.84. The molecule has 11 heteroatoms. The van der Waals surface area contributed by atoms with Crippen molar-refractivity contribution >= 4 is 16.9 Å². The van der Waals surface area contributed by atoms with Crippen LogP contribution in [0.1, 0.15) is 23.5 Å². The van der Waals surface area contributed by atoms with Crippen molar-refractivity contribution in [1.29, 1.82) is 0 Å². The van der Waals surface area contributed by atoms with Gasteiger partial charge in [0.25, 0.3) is 0 Å². The van der Waals surface area contributed by atoms with Crippen LogP contribution in [0.25, 0.3) is 22.3 Å². The number of fused-ring (bicyclic) bond motifs is 1. The summed E-state index contributed by atoms with van der Waals surface area (Å²) in [6.45, 7) is 2.34. The minimum Gasteiger partial charge on any atom is -0.504 e. The van der Waals surface area contributed by atoms with Gasteiger partial charge in [-0.15, -0.1) is 0 Å². The van der Waals surface area contributed by atoms with Gasteiger partial charge in [0.1, 0.15) is 16.7 Å². The lowest BCUT2D eigenvalue weighted by Gasteiger charge is -2.33. The molecule has 0 aliphatic carbocycles. The van der Waals surface area contributed by atoms with Crippen molar-refractivity contribution < 1.29 is 39.1 Å². The summed E-state index contributed by atoms with van der Waals surface area (Å²) in [5.41, 5.74) is -0.0241. The maximum Gasteiger partial charge on any atom is 0.223 e. The predicted octanol–water partition coefficient (Wildman–Crippen LogP) is 3.60. The fourth-order valence-electron chi connectivity index (χ4n) is 5.30. The van der Waals surface area contributed by atoms with Gasteiger partial charge in [0.05, 0.1) is 14.2 Å². The third-order valence-corrected chi connectivity index (χ3v) is 7.68. The number of carbonyl (C=O) groups is 1. The summed E-state index contributed by atoms with van der Waals surface area (Å²) in [7, 11) is 4.68. The molecular weight excluding hydrogens is 544 g/mol. The van der Waals surface area contributed by atoms with E-state index in [1.165, 1.54) is 32.4 Å². The molecule has 1 atom stereocenters. The molecular formula is C31H32N2O9. The molecule has 220 valence electrons. The number of phenols is 4. The van der Waals surface area contributed by atoms with E-state index in [4.69, 9.17) is 13.9 Å². The van der Waals surface area contributed by atoms with Gasteiger partial charge in [-0.2, -0.15) is 0 Å². The highest BCUT2D eigenvalue weighted by Gasteiger charge is 2.33. The van der Waals surface area contributed by atoms with Gasteiger partial charge in [-0.1, -0.05) is 30.3 Å². The first-order chi connectivity index (χ1) is 20.1. The molecule has 1 fully saturated rings. The molecule has 2 heterocycles. The van der Waals surface area contributed by atoms with Crippen LogP contribution in [0.2, 0.25) is 0 Å². The van der Waals surface area contributed by atoms with Crippen LogP contribution in [0.5, 0.6) is 34.5 Å². The number of phenolic OH excluding ortho intramolecular Hbond substituents is 4. The number of carbonyl (C=O) groups excluding carboxylic acids is 1. The van der Waals surface area contributed by atoms with E-state index in [0.29, 0.717) is 37.3 Å². The largest absolute Gasteiger partial charge is 0.504 e. The van der Waals surface area contributed by atoms with Crippen LogP contribution in [0.3, 0.4) is 0 Å². The quantitative estimate of drug-likeness (QED) is 0.240. The number of ether oxygens (including phenoxy) is 2. The molecule has 1 aliphatic rings. The smallest absolute Gasteiger partial charge is 0.223 e. The number of hydrogen-bond acceptors (Lipinski definition) is 10. The van der Waals surface area contributed by atoms with E-state index < -0.39 is 28.6 Å². The number of benzene rings is 3. The Labute approximate surface area is 241 Å². The summed E-state index contributed by atoms with van der Waals surface area (Å²) < 4.78 is 16.9. The third kappa shape index (κ3) is 5.14. The minimum absolute atomic E-state index is 0.0413. The number of amides is 1. The van der Waals surface area contributed by atoms with E-state index in [1.807, 2.05) is 7.05 Å². The lowest BCUT2D eigenvalue weighted by molar-refractivity contribution is -0.133. The van der Waals surface area contributed by atoms with Gasteiger partial charge in [0.2, 0.25) is 17.4 Å². The highest BCUT2D eigenvalue weighted by molar-refractivity contribution is 5.94. The van der Waals surface area contributed by atoms with Gasteiger partial charge in [0.15, 0.2) is 28.4 Å². The van der Waals surface area contributed by atoms with Gasteiger partial charge in [-0.3, -0.25) is 9.59 Å². The van der Waals surface area contributed by atoms with Gasteiger partial charge in [-0.25, -0.2) is 0 Å². The molecule has 0 radical (unpaired) electrons. The van der Waals surface area contributed by atoms with E-state index in [1.54, 1.807) is 35.2 Å². The van der Waals surface area contributed by atoms with Crippen LogP contribution in [-0.4, -0.2) is 83.6 Å². The molecule has 4 N–H and O–H groups in total. The molecule has 0 saturated carbocycles. The number of methoxy groups -OCH3 is 2. The van der Waals surface area contributed by atoms with E-state index >= 15 is 0 Å². The fraction of sp³-hybridized carbons (Fsp3) is 0.290. The minimum atomic E-state index is -1.04. The summed E-state index contributed by atoms with van der Waals surface area (Å²) in [4.78, 5) is 30.9. The van der Waals surface area contributed by atoms with Crippen LogP contribution in [-0.2, 0) is 4.79 Å². The van der Waals surface area contributed by atoms with E-state index in [9.17, 15) is 30.0 Å². The maximum atomic E-state index is 13.7. The molecule has 11 nitrogen and oxygen atoms in total. The average molecular weight is 577 g/mol. The highest BCUT2D eigenvalue weighted by Crippen LogP contribution is 2.51. The second-order valence-electron chi connectivity index (χ2n) is 10.2. The Kier molecular flexibility index (Phi) is 7.86. The number of aromatic hydroxyl groups is 4. The summed E-state index contributed by atoms with van der Waals surface area (Å²) in [6.07, 6.45) is -0.215. The van der Waals surface area contributed by atoms with Gasteiger partial charge >= 0.3 is 0 Å². The lowest BCUT2D eigenvalue weighted by atomic mass is 9.85.